The van der Waals surface area contributed by atoms with Gasteiger partial charge < -0.3 is 0 Å². The van der Waals surface area contributed by atoms with Gasteiger partial charge in [-0.1, -0.05) is 0 Å². The maximum Gasteiger partial charge on any atom is 0.129 e. The number of hydrogen-bond donors (Lipinski definition) is 0. The van der Waals surface area contributed by atoms with Crippen LogP contribution in [-0.4, -0.2) is 9.97 Å². The minimum atomic E-state index is -0.271. The first kappa shape index (κ1) is 11.2. The molecule has 0 N–H and O–H groups in total. The van der Waals surface area contributed by atoms with Crippen molar-refractivity contribution in [1.82, 2.24) is 9.97 Å². The first-order valence-electron chi connectivity index (χ1n) is 5.24. The van der Waals surface area contributed by atoms with Gasteiger partial charge in [-0.3, -0.25) is 0 Å². The topological polar surface area (TPSA) is 49.6 Å². The van der Waals surface area contributed by atoms with E-state index in [0.717, 1.165) is 11.3 Å². The van der Waals surface area contributed by atoms with Crippen LogP contribution in [0.5, 0.6) is 0 Å². The van der Waals surface area contributed by atoms with Crippen LogP contribution in [0.1, 0.15) is 12.2 Å². The third-order valence-corrected chi connectivity index (χ3v) is 2.31. The smallest absolute Gasteiger partial charge is 0.129 e. The molecule has 0 spiro atoms. The molecule has 0 atom stereocenters. The number of halogens is 1. The van der Waals surface area contributed by atoms with Gasteiger partial charge in [-0.15, -0.1) is 0 Å². The Labute approximate surface area is 98.6 Å². The molecule has 0 saturated carbocycles. The molecule has 0 aliphatic heterocycles. The van der Waals surface area contributed by atoms with Gasteiger partial charge in [0.25, 0.3) is 0 Å². The van der Waals surface area contributed by atoms with E-state index in [4.69, 9.17) is 5.26 Å². The van der Waals surface area contributed by atoms with Crippen molar-refractivity contribution in [2.45, 2.75) is 12.8 Å². The molecule has 0 radical (unpaired) electrons. The molecule has 0 amide bonds. The van der Waals surface area contributed by atoms with Crippen molar-refractivity contribution < 1.29 is 4.39 Å². The summed E-state index contributed by atoms with van der Waals surface area (Å²) in [5, 5.41) is 8.50. The second-order valence-corrected chi connectivity index (χ2v) is 3.52. The molecule has 0 bridgehead atoms. The van der Waals surface area contributed by atoms with Gasteiger partial charge in [0, 0.05) is 24.6 Å². The highest BCUT2D eigenvalue weighted by Crippen LogP contribution is 2.16. The van der Waals surface area contributed by atoms with Gasteiger partial charge in [-0.05, 0) is 30.3 Å². The maximum absolute atomic E-state index is 12.8. The van der Waals surface area contributed by atoms with Crippen molar-refractivity contribution in [2.24, 2.45) is 0 Å². The minimum Gasteiger partial charge on any atom is -0.241 e. The molecule has 3 nitrogen and oxygen atoms in total. The quantitative estimate of drug-likeness (QED) is 0.810. The monoisotopic (exact) mass is 227 g/mol. The van der Waals surface area contributed by atoms with Crippen LogP contribution in [0.25, 0.3) is 11.3 Å². The molecule has 2 aromatic rings. The molecule has 17 heavy (non-hydrogen) atoms. The average molecular weight is 227 g/mol. The van der Waals surface area contributed by atoms with Gasteiger partial charge in [0.05, 0.1) is 11.8 Å². The lowest BCUT2D eigenvalue weighted by Crippen LogP contribution is -1.95. The Morgan fingerprint density at radius 1 is 1.18 bits per heavy atom. The number of nitriles is 1. The summed E-state index contributed by atoms with van der Waals surface area (Å²) in [4.78, 5) is 8.41. The molecule has 0 fully saturated rings. The summed E-state index contributed by atoms with van der Waals surface area (Å²) in [5.41, 5.74) is 1.58. The Morgan fingerprint density at radius 3 is 2.65 bits per heavy atom. The highest BCUT2D eigenvalue weighted by Gasteiger charge is 2.02. The van der Waals surface area contributed by atoms with E-state index >= 15 is 0 Å². The molecule has 84 valence electrons. The molecule has 1 aromatic carbocycles. The number of aryl methyl sites for hydroxylation is 1. The summed E-state index contributed by atoms with van der Waals surface area (Å²) in [6, 6.07) is 9.96. The van der Waals surface area contributed by atoms with Crippen molar-refractivity contribution >= 4 is 0 Å². The molecule has 1 heterocycles. The molecule has 0 unspecified atom stereocenters. The first-order valence-corrected chi connectivity index (χ1v) is 5.24. The van der Waals surface area contributed by atoms with Crippen LogP contribution in [0.15, 0.2) is 36.5 Å². The van der Waals surface area contributed by atoms with Crippen LogP contribution < -0.4 is 0 Å². The molecule has 2 rings (SSSR count). The van der Waals surface area contributed by atoms with Crippen molar-refractivity contribution in [3.8, 4) is 17.3 Å². The second-order valence-electron chi connectivity index (χ2n) is 3.52. The van der Waals surface area contributed by atoms with Gasteiger partial charge in [-0.2, -0.15) is 5.26 Å². The molecular weight excluding hydrogens is 217 g/mol. The third kappa shape index (κ3) is 2.85. The Morgan fingerprint density at radius 2 is 1.94 bits per heavy atom. The summed E-state index contributed by atoms with van der Waals surface area (Å²) < 4.78 is 12.8. The fraction of sp³-hybridized carbons (Fsp3) is 0.154. The van der Waals surface area contributed by atoms with Gasteiger partial charge in [0.1, 0.15) is 11.6 Å². The standard InChI is InChI=1S/C13H10FN3/c14-11-5-3-10(4-6-11)12-7-9-16-13(17-12)2-1-8-15/h3-7,9H,1-2H2. The molecule has 0 aliphatic rings. The number of hydrogen-bond acceptors (Lipinski definition) is 3. The molecule has 4 heteroatoms. The largest absolute Gasteiger partial charge is 0.241 e. The highest BCUT2D eigenvalue weighted by molar-refractivity contribution is 5.58. The van der Waals surface area contributed by atoms with E-state index in [1.165, 1.54) is 12.1 Å². The summed E-state index contributed by atoms with van der Waals surface area (Å²) in [5.74, 6) is 0.362. The Hall–Kier alpha value is -2.28. The van der Waals surface area contributed by atoms with Crippen molar-refractivity contribution in [2.75, 3.05) is 0 Å². The summed E-state index contributed by atoms with van der Waals surface area (Å²) in [6.07, 6.45) is 2.58. The molecule has 1 aromatic heterocycles. The van der Waals surface area contributed by atoms with E-state index in [-0.39, 0.29) is 5.82 Å². The van der Waals surface area contributed by atoms with E-state index in [0.29, 0.717) is 18.7 Å². The maximum atomic E-state index is 12.8. The fourth-order valence-corrected chi connectivity index (χ4v) is 1.47. The lowest BCUT2D eigenvalue weighted by atomic mass is 10.1. The van der Waals surface area contributed by atoms with Crippen LogP contribution in [0, 0.1) is 17.1 Å². The number of benzene rings is 1. The van der Waals surface area contributed by atoms with Crippen molar-refractivity contribution in [3.05, 3.63) is 48.2 Å². The second kappa shape index (κ2) is 5.17. The van der Waals surface area contributed by atoms with Crippen LogP contribution in [0.2, 0.25) is 0 Å². The highest BCUT2D eigenvalue weighted by atomic mass is 19.1. The van der Waals surface area contributed by atoms with E-state index in [9.17, 15) is 4.39 Å². The molecule has 0 saturated heterocycles. The lowest BCUT2D eigenvalue weighted by Gasteiger charge is -2.02. The van der Waals surface area contributed by atoms with Crippen molar-refractivity contribution in [3.63, 3.8) is 0 Å². The summed E-state index contributed by atoms with van der Waals surface area (Å²) >= 11 is 0. The first-order chi connectivity index (χ1) is 8.29. The van der Waals surface area contributed by atoms with Crippen LogP contribution >= 0.6 is 0 Å². The zero-order valence-corrected chi connectivity index (χ0v) is 9.10. The van der Waals surface area contributed by atoms with Gasteiger partial charge in [0.15, 0.2) is 0 Å². The van der Waals surface area contributed by atoms with E-state index in [2.05, 4.69) is 16.0 Å². The summed E-state index contributed by atoms with van der Waals surface area (Å²) in [7, 11) is 0. The SMILES string of the molecule is N#CCCc1nccc(-c2ccc(F)cc2)n1. The van der Waals surface area contributed by atoms with Crippen LogP contribution in [0.4, 0.5) is 4.39 Å². The lowest BCUT2D eigenvalue weighted by molar-refractivity contribution is 0.628. The fourth-order valence-electron chi connectivity index (χ4n) is 1.47. The van der Waals surface area contributed by atoms with Gasteiger partial charge in [-0.25, -0.2) is 14.4 Å². The number of rotatable bonds is 3. The zero-order valence-electron chi connectivity index (χ0n) is 9.10. The Balaban J connectivity index is 2.27. The molecule has 0 aliphatic carbocycles. The Kier molecular flexibility index (Phi) is 3.41. The molecular formula is C13H10FN3. The third-order valence-electron chi connectivity index (χ3n) is 2.31. The zero-order chi connectivity index (χ0) is 12.1. The predicted octanol–water partition coefficient (Wildman–Crippen LogP) is 2.74. The van der Waals surface area contributed by atoms with Crippen LogP contribution in [-0.2, 0) is 6.42 Å². The van der Waals surface area contributed by atoms with Gasteiger partial charge in [0.2, 0.25) is 0 Å². The number of nitrogens with zero attached hydrogens (tertiary/aromatic N) is 3. The number of aromatic nitrogens is 2. The Bertz CT molecular complexity index is 543. The van der Waals surface area contributed by atoms with E-state index < -0.39 is 0 Å². The van der Waals surface area contributed by atoms with Gasteiger partial charge >= 0.3 is 0 Å². The predicted molar refractivity (Wildman–Crippen MR) is 61.4 cm³/mol. The van der Waals surface area contributed by atoms with E-state index in [1.807, 2.05) is 0 Å². The van der Waals surface area contributed by atoms with E-state index in [1.54, 1.807) is 24.4 Å². The van der Waals surface area contributed by atoms with Crippen LogP contribution in [0.3, 0.4) is 0 Å². The minimum absolute atomic E-state index is 0.271. The normalized spacial score (nSPS) is 9.88. The average Bonchev–Trinajstić information content (AvgIpc) is 2.37. The summed E-state index contributed by atoms with van der Waals surface area (Å²) in [6.45, 7) is 0. The van der Waals surface area contributed by atoms with Crippen molar-refractivity contribution in [1.29, 1.82) is 5.26 Å².